The zero-order valence-electron chi connectivity index (χ0n) is 13.7. The van der Waals surface area contributed by atoms with Gasteiger partial charge < -0.3 is 15.4 Å². The first kappa shape index (κ1) is 24.8. The average molecular weight is 454 g/mol. The second kappa shape index (κ2) is 13.1. The van der Waals surface area contributed by atoms with Gasteiger partial charge in [0.25, 0.3) is 0 Å². The summed E-state index contributed by atoms with van der Waals surface area (Å²) in [7, 11) is 0. The normalized spacial score (nSPS) is 10.8. The fraction of sp³-hybridized carbons (Fsp3) is 0.538. The Bertz CT molecular complexity index is 599. The lowest BCUT2D eigenvalue weighted by atomic mass is 10.3. The molecule has 1 rings (SSSR count). The predicted octanol–water partition coefficient (Wildman–Crippen LogP) is 4.53. The van der Waals surface area contributed by atoms with Gasteiger partial charge in [-0.15, -0.1) is 0 Å². The molecular weight excluding hydrogens is 434 g/mol. The highest BCUT2D eigenvalue weighted by molar-refractivity contribution is 8.07. The highest BCUT2D eigenvalue weighted by Crippen LogP contribution is 2.51. The van der Waals surface area contributed by atoms with Crippen LogP contribution in [0.15, 0.2) is 6.07 Å². The average Bonchev–Trinajstić information content (AvgIpc) is 2.51. The van der Waals surface area contributed by atoms with Crippen LogP contribution < -0.4 is 10.3 Å². The van der Waals surface area contributed by atoms with Gasteiger partial charge in [0.2, 0.25) is 5.88 Å². The summed E-state index contributed by atoms with van der Waals surface area (Å²) >= 11 is 22.7. The van der Waals surface area contributed by atoms with Crippen LogP contribution in [-0.2, 0) is 25.6 Å². The molecule has 1 aromatic rings. The van der Waals surface area contributed by atoms with E-state index < -0.39 is 12.7 Å². The molecule has 3 N–H and O–H groups in total. The second-order valence-electron chi connectivity index (χ2n) is 4.21. The maximum atomic E-state index is 9.70. The van der Waals surface area contributed by atoms with Crippen molar-refractivity contribution >= 4 is 59.3 Å². The van der Waals surface area contributed by atoms with Crippen molar-refractivity contribution in [3.05, 3.63) is 21.3 Å². The Labute approximate surface area is 167 Å². The predicted molar refractivity (Wildman–Crippen MR) is 103 cm³/mol. The van der Waals surface area contributed by atoms with Gasteiger partial charge in [0.15, 0.2) is 5.15 Å². The van der Waals surface area contributed by atoms with Crippen LogP contribution in [0.3, 0.4) is 0 Å². The third kappa shape index (κ3) is 10.5. The molecule has 0 spiro atoms. The minimum absolute atomic E-state index is 0.0521. The monoisotopic (exact) mass is 452 g/mol. The quantitative estimate of drug-likeness (QED) is 0.415. The summed E-state index contributed by atoms with van der Waals surface area (Å²) in [5.74, 6) is -0.721. The Hall–Kier alpha value is -0.180. The summed E-state index contributed by atoms with van der Waals surface area (Å²) in [6.07, 6.45) is 0.770. The first-order valence-electron chi connectivity index (χ1n) is 7.21. The van der Waals surface area contributed by atoms with E-state index in [1.165, 1.54) is 6.07 Å². The van der Waals surface area contributed by atoms with Crippen molar-refractivity contribution in [2.24, 2.45) is 5.73 Å². The smallest absolute Gasteiger partial charge is 0.381 e. The van der Waals surface area contributed by atoms with Gasteiger partial charge in [0, 0.05) is 18.2 Å². The lowest BCUT2D eigenvalue weighted by molar-refractivity contribution is -0.137. The van der Waals surface area contributed by atoms with Gasteiger partial charge in [0.1, 0.15) is 5.02 Å². The number of rotatable bonds is 9. The van der Waals surface area contributed by atoms with E-state index in [1.807, 2.05) is 0 Å². The lowest BCUT2D eigenvalue weighted by Gasteiger charge is -2.20. The van der Waals surface area contributed by atoms with E-state index >= 15 is 0 Å². The molecule has 0 amide bonds. The molecule has 0 radical (unpaired) electrons. The van der Waals surface area contributed by atoms with Crippen molar-refractivity contribution < 1.29 is 23.5 Å². The maximum absolute atomic E-state index is 9.70. The van der Waals surface area contributed by atoms with Crippen LogP contribution in [0.1, 0.15) is 26.7 Å². The Kier molecular flexibility index (Phi) is 13.0. The van der Waals surface area contributed by atoms with Gasteiger partial charge in [-0.2, -0.15) is 4.98 Å². The van der Waals surface area contributed by atoms with Crippen molar-refractivity contribution in [3.8, 4) is 5.88 Å². The third-order valence-electron chi connectivity index (χ3n) is 2.22. The topological polar surface area (TPSA) is 104 Å². The van der Waals surface area contributed by atoms with Crippen LogP contribution in [0.4, 0.5) is 0 Å². The van der Waals surface area contributed by atoms with Crippen molar-refractivity contribution in [2.75, 3.05) is 19.8 Å². The number of nitrogens with two attached hydrogens (primary N) is 1. The number of aliphatic carboxylic acids is 1. The summed E-state index contributed by atoms with van der Waals surface area (Å²) < 4.78 is 16.1. The number of aromatic nitrogens is 1. The van der Waals surface area contributed by atoms with E-state index in [0.717, 1.165) is 0 Å². The summed E-state index contributed by atoms with van der Waals surface area (Å²) in [5, 5.41) is 8.49. The molecular formula is C13H20Cl3N2O5PS. The number of carboxylic acids is 1. The van der Waals surface area contributed by atoms with E-state index in [0.29, 0.717) is 26.2 Å². The van der Waals surface area contributed by atoms with Crippen LogP contribution in [0, 0.1) is 0 Å². The van der Waals surface area contributed by atoms with E-state index in [2.05, 4.69) is 4.98 Å². The van der Waals surface area contributed by atoms with Gasteiger partial charge in [-0.1, -0.05) is 34.8 Å². The summed E-state index contributed by atoms with van der Waals surface area (Å²) in [6, 6.07) is 1.42. The highest BCUT2D eigenvalue weighted by atomic mass is 35.5. The van der Waals surface area contributed by atoms with E-state index in [9.17, 15) is 4.79 Å². The van der Waals surface area contributed by atoms with Gasteiger partial charge in [0.05, 0.1) is 18.2 Å². The molecule has 0 aromatic carbocycles. The van der Waals surface area contributed by atoms with E-state index in [1.54, 1.807) is 13.8 Å². The molecule has 0 saturated heterocycles. The SMILES string of the molecule is CCOP(=S)(OCC)Oc1nc(Cl)c(Cl)cc1Cl.NCCCC(=O)O. The van der Waals surface area contributed by atoms with Crippen LogP contribution in [-0.4, -0.2) is 35.8 Å². The molecule has 12 heteroatoms. The molecule has 7 nitrogen and oxygen atoms in total. The van der Waals surface area contributed by atoms with E-state index in [4.69, 9.17) is 71.0 Å². The van der Waals surface area contributed by atoms with Crippen LogP contribution in [0.25, 0.3) is 0 Å². The largest absolute Gasteiger partial charge is 0.481 e. The van der Waals surface area contributed by atoms with Crippen LogP contribution >= 0.6 is 41.5 Å². The Morgan fingerprint density at radius 3 is 2.24 bits per heavy atom. The molecule has 25 heavy (non-hydrogen) atoms. The molecule has 0 aliphatic heterocycles. The number of carboxylic acid groups (broad SMARTS) is 1. The Morgan fingerprint density at radius 1 is 1.28 bits per heavy atom. The van der Waals surface area contributed by atoms with Crippen LogP contribution in [0.2, 0.25) is 15.2 Å². The minimum Gasteiger partial charge on any atom is -0.481 e. The highest BCUT2D eigenvalue weighted by Gasteiger charge is 2.24. The summed E-state index contributed by atoms with van der Waals surface area (Å²) in [5.41, 5.74) is 5.01. The van der Waals surface area contributed by atoms with Gasteiger partial charge >= 0.3 is 12.7 Å². The van der Waals surface area contributed by atoms with Crippen molar-refractivity contribution in [1.82, 2.24) is 4.98 Å². The number of hydrogen-bond acceptors (Lipinski definition) is 7. The molecule has 144 valence electrons. The van der Waals surface area contributed by atoms with Gasteiger partial charge in [-0.25, -0.2) is 0 Å². The van der Waals surface area contributed by atoms with Gasteiger partial charge in [-0.3, -0.25) is 13.8 Å². The first-order valence-corrected chi connectivity index (χ1v) is 10.9. The standard InChI is InChI=1S/C9H11Cl3NO3PS.C4H9NO2/c1-3-14-17(18,15-4-2)16-9-7(11)5-6(10)8(12)13-9;5-3-1-2-4(6)7/h5H,3-4H2,1-2H3;1-3,5H2,(H,6,7). The maximum Gasteiger partial charge on any atom is 0.381 e. The minimum atomic E-state index is -2.92. The summed E-state index contributed by atoms with van der Waals surface area (Å²) in [4.78, 5) is 13.6. The number of hydrogen-bond donors (Lipinski definition) is 2. The zero-order chi connectivity index (χ0) is 19.5. The van der Waals surface area contributed by atoms with Crippen molar-refractivity contribution in [1.29, 1.82) is 0 Å². The third-order valence-corrected chi connectivity index (χ3v) is 5.57. The molecule has 0 saturated carbocycles. The van der Waals surface area contributed by atoms with Crippen molar-refractivity contribution in [3.63, 3.8) is 0 Å². The Balaban J connectivity index is 0.000000697. The molecule has 0 aliphatic carbocycles. The van der Waals surface area contributed by atoms with Gasteiger partial charge in [-0.05, 0) is 32.9 Å². The molecule has 1 heterocycles. The number of halogens is 3. The molecule has 0 fully saturated rings. The van der Waals surface area contributed by atoms with Crippen molar-refractivity contribution in [2.45, 2.75) is 26.7 Å². The fourth-order valence-corrected chi connectivity index (χ4v) is 3.85. The molecule has 0 atom stereocenters. The summed E-state index contributed by atoms with van der Waals surface area (Å²) in [6.45, 7) is 1.83. The molecule has 0 bridgehead atoms. The lowest BCUT2D eigenvalue weighted by Crippen LogP contribution is -2.03. The molecule has 0 aliphatic rings. The first-order chi connectivity index (χ1) is 11.7. The molecule has 0 unspecified atom stereocenters. The van der Waals surface area contributed by atoms with Crippen LogP contribution in [0.5, 0.6) is 5.88 Å². The Morgan fingerprint density at radius 2 is 1.84 bits per heavy atom. The number of carbonyl (C=O) groups is 1. The number of nitrogens with zero attached hydrogens (tertiary/aromatic N) is 1. The number of pyridine rings is 1. The molecule has 1 aromatic heterocycles. The zero-order valence-corrected chi connectivity index (χ0v) is 17.7. The second-order valence-corrected chi connectivity index (χ2v) is 8.32. The van der Waals surface area contributed by atoms with E-state index in [-0.39, 0.29) is 27.5 Å². The fourth-order valence-electron chi connectivity index (χ4n) is 1.26.